The summed E-state index contributed by atoms with van der Waals surface area (Å²) in [5.41, 5.74) is 2.44. The van der Waals surface area contributed by atoms with Crippen LogP contribution in [0.4, 0.5) is 0 Å². The fourth-order valence-corrected chi connectivity index (χ4v) is 4.99. The number of thiazole rings is 1. The second-order valence-electron chi connectivity index (χ2n) is 7.52. The molecule has 3 aromatic rings. The molecule has 0 aliphatic carbocycles. The Hall–Kier alpha value is -3.65. The van der Waals surface area contributed by atoms with Gasteiger partial charge in [-0.2, -0.15) is 0 Å². The number of aromatic nitrogens is 1. The molecule has 1 unspecified atom stereocenters. The van der Waals surface area contributed by atoms with Crippen LogP contribution in [0.3, 0.4) is 0 Å². The second-order valence-corrected chi connectivity index (χ2v) is 8.53. The van der Waals surface area contributed by atoms with Crippen molar-refractivity contribution >= 4 is 23.2 Å². The highest BCUT2D eigenvalue weighted by Gasteiger charge is 2.30. The first-order valence-corrected chi connectivity index (χ1v) is 11.1. The summed E-state index contributed by atoms with van der Waals surface area (Å²) in [6.45, 7) is 3.30. The fourth-order valence-electron chi connectivity index (χ4n) is 3.95. The number of carbonyl (C=O) groups excluding carboxylic acids is 1. The van der Waals surface area contributed by atoms with Crippen molar-refractivity contribution in [1.82, 2.24) is 4.57 Å². The van der Waals surface area contributed by atoms with Crippen LogP contribution in [0.2, 0.25) is 0 Å². The molecule has 1 atom stereocenters. The third-order valence-corrected chi connectivity index (χ3v) is 6.54. The Morgan fingerprint density at radius 1 is 1.03 bits per heavy atom. The quantitative estimate of drug-likeness (QED) is 0.561. The smallest absolute Gasteiger partial charge is 0.271 e. The van der Waals surface area contributed by atoms with Crippen molar-refractivity contribution in [2.75, 3.05) is 21.3 Å². The summed E-state index contributed by atoms with van der Waals surface area (Å²) in [6.07, 6.45) is 1.78. The van der Waals surface area contributed by atoms with Crippen LogP contribution in [0.5, 0.6) is 17.2 Å². The van der Waals surface area contributed by atoms with E-state index in [1.165, 1.54) is 18.3 Å². The number of ketones is 1. The molecule has 1 aliphatic rings. The molecule has 0 N–H and O–H groups in total. The molecule has 0 saturated carbocycles. The number of fused-ring (bicyclic) bond motifs is 1. The van der Waals surface area contributed by atoms with E-state index in [4.69, 9.17) is 14.2 Å². The lowest BCUT2D eigenvalue weighted by molar-refractivity contribution is -0.114. The van der Waals surface area contributed by atoms with Gasteiger partial charge in [0, 0.05) is 22.9 Å². The molecular weight excluding hydrogens is 440 g/mol. The minimum atomic E-state index is -0.565. The predicted octanol–water partition coefficient (Wildman–Crippen LogP) is 2.85. The summed E-state index contributed by atoms with van der Waals surface area (Å²) in [4.78, 5) is 31.3. The van der Waals surface area contributed by atoms with Gasteiger partial charge in [-0.1, -0.05) is 23.5 Å². The molecule has 8 heteroatoms. The average Bonchev–Trinajstić information content (AvgIpc) is 3.12. The van der Waals surface area contributed by atoms with Gasteiger partial charge in [-0.05, 0) is 49.8 Å². The summed E-state index contributed by atoms with van der Waals surface area (Å²) >= 11 is 1.28. The molecule has 7 nitrogen and oxygen atoms in total. The van der Waals surface area contributed by atoms with Crippen LogP contribution >= 0.6 is 11.3 Å². The SMILES string of the molecule is COc1ccc(C2C(C(C)=O)=C(C)N=c3sc(=Cc4ccc(OC)cc4OC)c(=O)n32)cc1. The number of hydrogen-bond acceptors (Lipinski definition) is 7. The maximum Gasteiger partial charge on any atom is 0.271 e. The van der Waals surface area contributed by atoms with Crippen molar-refractivity contribution in [3.8, 4) is 17.2 Å². The van der Waals surface area contributed by atoms with E-state index in [1.54, 1.807) is 45.0 Å². The van der Waals surface area contributed by atoms with Gasteiger partial charge in [0.1, 0.15) is 17.2 Å². The number of benzene rings is 2. The van der Waals surface area contributed by atoms with Gasteiger partial charge in [-0.3, -0.25) is 14.2 Å². The predicted molar refractivity (Wildman–Crippen MR) is 127 cm³/mol. The summed E-state index contributed by atoms with van der Waals surface area (Å²) in [5.74, 6) is 1.82. The highest BCUT2D eigenvalue weighted by atomic mass is 32.1. The average molecular weight is 465 g/mol. The minimum Gasteiger partial charge on any atom is -0.497 e. The Kier molecular flexibility index (Phi) is 6.20. The Bertz CT molecular complexity index is 1430. The molecule has 0 radical (unpaired) electrons. The number of methoxy groups -OCH3 is 3. The molecule has 2 heterocycles. The normalized spacial score (nSPS) is 15.7. The van der Waals surface area contributed by atoms with Crippen molar-refractivity contribution in [1.29, 1.82) is 0 Å². The van der Waals surface area contributed by atoms with Crippen LogP contribution in [0.25, 0.3) is 6.08 Å². The molecule has 0 bridgehead atoms. The summed E-state index contributed by atoms with van der Waals surface area (Å²) in [6, 6.07) is 12.2. The molecule has 33 heavy (non-hydrogen) atoms. The zero-order valence-electron chi connectivity index (χ0n) is 19.0. The van der Waals surface area contributed by atoms with Gasteiger partial charge in [-0.25, -0.2) is 4.99 Å². The van der Waals surface area contributed by atoms with E-state index >= 15 is 0 Å². The molecule has 4 rings (SSSR count). The number of allylic oxidation sites excluding steroid dienone is 2. The van der Waals surface area contributed by atoms with Crippen molar-refractivity contribution in [2.45, 2.75) is 19.9 Å². The van der Waals surface area contributed by atoms with E-state index in [0.29, 0.717) is 37.9 Å². The maximum absolute atomic E-state index is 13.6. The Balaban J connectivity index is 1.94. The first-order chi connectivity index (χ1) is 15.9. The minimum absolute atomic E-state index is 0.122. The van der Waals surface area contributed by atoms with Crippen LogP contribution in [-0.4, -0.2) is 31.7 Å². The standard InChI is InChI=1S/C25H24N2O5S/c1-14-22(15(2)28)23(16-6-9-18(30-3)10-7-16)27-24(29)21(33-25(27)26-14)12-17-8-11-19(31-4)13-20(17)32-5/h6-13,23H,1-5H3. The topological polar surface area (TPSA) is 79.1 Å². The Morgan fingerprint density at radius 3 is 2.30 bits per heavy atom. The monoisotopic (exact) mass is 464 g/mol. The van der Waals surface area contributed by atoms with Crippen LogP contribution in [0.1, 0.15) is 31.0 Å². The molecule has 0 fully saturated rings. The number of carbonyl (C=O) groups is 1. The molecule has 0 saturated heterocycles. The molecule has 170 valence electrons. The molecule has 1 aromatic heterocycles. The molecule has 0 spiro atoms. The van der Waals surface area contributed by atoms with E-state index < -0.39 is 6.04 Å². The summed E-state index contributed by atoms with van der Waals surface area (Å²) in [5, 5.41) is 0. The fraction of sp³-hybridized carbons (Fsp3) is 0.240. The van der Waals surface area contributed by atoms with E-state index in [-0.39, 0.29) is 11.3 Å². The van der Waals surface area contributed by atoms with Crippen LogP contribution in [0, 0.1) is 0 Å². The largest absolute Gasteiger partial charge is 0.497 e. The van der Waals surface area contributed by atoms with Crippen molar-refractivity contribution in [3.05, 3.63) is 84.5 Å². The van der Waals surface area contributed by atoms with Gasteiger partial charge in [0.05, 0.1) is 31.9 Å². The first-order valence-electron chi connectivity index (χ1n) is 10.3. The van der Waals surface area contributed by atoms with Gasteiger partial charge in [0.2, 0.25) is 0 Å². The Morgan fingerprint density at radius 2 is 1.70 bits per heavy atom. The number of nitrogens with zero attached hydrogens (tertiary/aromatic N) is 2. The van der Waals surface area contributed by atoms with Gasteiger partial charge in [0.15, 0.2) is 10.6 Å². The van der Waals surface area contributed by atoms with Gasteiger partial charge < -0.3 is 14.2 Å². The molecule has 1 aliphatic heterocycles. The van der Waals surface area contributed by atoms with E-state index in [9.17, 15) is 9.59 Å². The number of Topliss-reactive ketones (excluding diaryl/α,β-unsaturated/α-hetero) is 1. The van der Waals surface area contributed by atoms with E-state index in [0.717, 1.165) is 11.1 Å². The third-order valence-electron chi connectivity index (χ3n) is 5.56. The van der Waals surface area contributed by atoms with E-state index in [2.05, 4.69) is 4.99 Å². The van der Waals surface area contributed by atoms with Gasteiger partial charge >= 0.3 is 0 Å². The molecular formula is C25H24N2O5S. The van der Waals surface area contributed by atoms with Crippen molar-refractivity contribution < 1.29 is 19.0 Å². The van der Waals surface area contributed by atoms with Gasteiger partial charge in [0.25, 0.3) is 5.56 Å². The van der Waals surface area contributed by atoms with Crippen molar-refractivity contribution in [2.24, 2.45) is 4.99 Å². The van der Waals surface area contributed by atoms with Crippen LogP contribution in [0.15, 0.2) is 63.5 Å². The lowest BCUT2D eigenvalue weighted by Gasteiger charge is -2.24. The number of rotatable bonds is 6. The third kappa shape index (κ3) is 4.09. The number of ether oxygens (including phenoxy) is 3. The highest BCUT2D eigenvalue weighted by Crippen LogP contribution is 2.31. The van der Waals surface area contributed by atoms with Gasteiger partial charge in [-0.15, -0.1) is 0 Å². The zero-order valence-corrected chi connectivity index (χ0v) is 19.9. The van der Waals surface area contributed by atoms with E-state index in [1.807, 2.05) is 36.4 Å². The summed E-state index contributed by atoms with van der Waals surface area (Å²) in [7, 11) is 4.75. The summed E-state index contributed by atoms with van der Waals surface area (Å²) < 4.78 is 18.1. The van der Waals surface area contributed by atoms with Crippen LogP contribution < -0.4 is 29.1 Å². The lowest BCUT2D eigenvalue weighted by Crippen LogP contribution is -2.39. The molecule has 0 amide bonds. The first kappa shape index (κ1) is 22.5. The zero-order chi connectivity index (χ0) is 23.7. The van der Waals surface area contributed by atoms with Crippen LogP contribution in [-0.2, 0) is 4.79 Å². The molecule has 2 aromatic carbocycles. The second kappa shape index (κ2) is 9.07. The highest BCUT2D eigenvalue weighted by molar-refractivity contribution is 7.07. The number of hydrogen-bond donors (Lipinski definition) is 0. The Labute approximate surface area is 194 Å². The lowest BCUT2D eigenvalue weighted by atomic mass is 9.93. The maximum atomic E-state index is 13.6. The van der Waals surface area contributed by atoms with Crippen molar-refractivity contribution in [3.63, 3.8) is 0 Å².